The number of anilines is 1. The van der Waals surface area contributed by atoms with Crippen LogP contribution in [-0.2, 0) is 4.79 Å². The van der Waals surface area contributed by atoms with E-state index in [0.717, 1.165) is 40.5 Å². The highest BCUT2D eigenvalue weighted by molar-refractivity contribution is 7.22. The third-order valence-corrected chi connectivity index (χ3v) is 6.28. The van der Waals surface area contributed by atoms with Crippen LogP contribution in [0.15, 0.2) is 48.5 Å². The van der Waals surface area contributed by atoms with Gasteiger partial charge in [-0.3, -0.25) is 9.69 Å². The summed E-state index contributed by atoms with van der Waals surface area (Å²) in [5.41, 5.74) is 4.44. The van der Waals surface area contributed by atoms with Crippen molar-refractivity contribution in [2.75, 3.05) is 31.1 Å². The quantitative estimate of drug-likeness (QED) is 0.475. The number of carbonyl (C=O) groups excluding carboxylic acids is 1. The number of nitrogens with zero attached hydrogens (tertiary/aromatic N) is 3. The Balaban J connectivity index is 1.89. The van der Waals surface area contributed by atoms with Crippen molar-refractivity contribution in [1.29, 1.82) is 0 Å². The van der Waals surface area contributed by atoms with Gasteiger partial charge in [0.25, 0.3) is 5.91 Å². The summed E-state index contributed by atoms with van der Waals surface area (Å²) in [6, 6.07) is 14.2. The lowest BCUT2D eigenvalue weighted by Gasteiger charge is -2.23. The number of aryl methyl sites for hydroxylation is 2. The molecule has 0 radical (unpaired) electrons. The van der Waals surface area contributed by atoms with Crippen LogP contribution in [0.1, 0.15) is 30.5 Å². The third-order valence-electron chi connectivity index (χ3n) is 5.24. The molecule has 0 saturated heterocycles. The maximum atomic E-state index is 13.1. The first-order valence-corrected chi connectivity index (χ1v) is 11.0. The molecule has 3 aromatic rings. The van der Waals surface area contributed by atoms with Gasteiger partial charge in [0, 0.05) is 19.2 Å². The number of likely N-dealkylation sites (N-methyl/N-ethyl adjacent to an activating group) is 1. The second kappa shape index (κ2) is 9.81. The summed E-state index contributed by atoms with van der Waals surface area (Å²) in [5.74, 6) is -0.0338. The van der Waals surface area contributed by atoms with Gasteiger partial charge in [-0.25, -0.2) is 4.98 Å². The van der Waals surface area contributed by atoms with Crippen LogP contribution in [0, 0.1) is 13.8 Å². The van der Waals surface area contributed by atoms with Crippen molar-refractivity contribution in [2.24, 2.45) is 0 Å². The molecule has 3 rings (SSSR count). The summed E-state index contributed by atoms with van der Waals surface area (Å²) < 4.78 is 1.12. The van der Waals surface area contributed by atoms with Crippen LogP contribution in [0.5, 0.6) is 0 Å². The smallest absolute Gasteiger partial charge is 0.252 e. The van der Waals surface area contributed by atoms with Crippen LogP contribution in [0.3, 0.4) is 0 Å². The van der Waals surface area contributed by atoms with Crippen LogP contribution < -0.4 is 4.90 Å². The average molecular weight is 408 g/mol. The van der Waals surface area contributed by atoms with Gasteiger partial charge in [0.2, 0.25) is 0 Å². The third kappa shape index (κ3) is 5.31. The molecule has 0 aliphatic heterocycles. The lowest BCUT2D eigenvalue weighted by molar-refractivity contribution is -0.114. The van der Waals surface area contributed by atoms with Crippen LogP contribution in [-0.4, -0.2) is 42.0 Å². The Morgan fingerprint density at radius 1 is 1.03 bits per heavy atom. The Hall–Kier alpha value is -2.50. The standard InChI is InChI=1S/C24H29N3OS/c1-5-26(6-2)14-15-27(23(28)13-12-20-10-8-7-9-11-20)24-25-21-16-18(3)19(4)17-22(21)29-24/h7-13,16-17H,5-6,14-15H2,1-4H3. The minimum Gasteiger partial charge on any atom is -0.302 e. The summed E-state index contributed by atoms with van der Waals surface area (Å²) in [4.78, 5) is 22.0. The lowest BCUT2D eigenvalue weighted by atomic mass is 10.1. The molecule has 152 valence electrons. The van der Waals surface area contributed by atoms with E-state index in [1.165, 1.54) is 11.1 Å². The van der Waals surface area contributed by atoms with Crippen molar-refractivity contribution in [3.05, 3.63) is 65.2 Å². The molecule has 0 aliphatic rings. The van der Waals surface area contributed by atoms with Crippen LogP contribution in [0.25, 0.3) is 16.3 Å². The molecule has 1 heterocycles. The van der Waals surface area contributed by atoms with Crippen molar-refractivity contribution in [3.63, 3.8) is 0 Å². The van der Waals surface area contributed by atoms with E-state index in [2.05, 4.69) is 44.7 Å². The Labute approximate surface area is 177 Å². The average Bonchev–Trinajstić information content (AvgIpc) is 3.12. The number of amides is 1. The van der Waals surface area contributed by atoms with Gasteiger partial charge in [-0.1, -0.05) is 55.5 Å². The molecule has 2 aromatic carbocycles. The molecule has 0 unspecified atom stereocenters. The zero-order valence-corrected chi connectivity index (χ0v) is 18.5. The number of thiazole rings is 1. The summed E-state index contributed by atoms with van der Waals surface area (Å²) >= 11 is 1.59. The molecule has 0 atom stereocenters. The predicted octanol–water partition coefficient (Wildman–Crippen LogP) is 5.30. The van der Waals surface area contributed by atoms with Gasteiger partial charge in [-0.05, 0) is 61.8 Å². The predicted molar refractivity (Wildman–Crippen MR) is 125 cm³/mol. The molecular weight excluding hydrogens is 378 g/mol. The van der Waals surface area contributed by atoms with Gasteiger partial charge < -0.3 is 4.90 Å². The largest absolute Gasteiger partial charge is 0.302 e. The fourth-order valence-corrected chi connectivity index (χ4v) is 4.26. The molecule has 0 bridgehead atoms. The molecule has 0 N–H and O–H groups in total. The number of benzene rings is 2. The van der Waals surface area contributed by atoms with Gasteiger partial charge in [-0.2, -0.15) is 0 Å². The van der Waals surface area contributed by atoms with E-state index in [1.807, 2.05) is 41.3 Å². The highest BCUT2D eigenvalue weighted by Crippen LogP contribution is 2.31. The molecule has 4 nitrogen and oxygen atoms in total. The molecule has 1 amide bonds. The normalized spacial score (nSPS) is 11.6. The lowest BCUT2D eigenvalue weighted by Crippen LogP contribution is -2.38. The first-order chi connectivity index (χ1) is 14.0. The van der Waals surface area contributed by atoms with E-state index in [1.54, 1.807) is 17.4 Å². The Morgan fingerprint density at radius 3 is 2.41 bits per heavy atom. The summed E-state index contributed by atoms with van der Waals surface area (Å²) in [6.07, 6.45) is 3.52. The molecule has 5 heteroatoms. The van der Waals surface area contributed by atoms with Gasteiger partial charge in [0.1, 0.15) is 0 Å². The summed E-state index contributed by atoms with van der Waals surface area (Å²) in [5, 5.41) is 0.764. The van der Waals surface area contributed by atoms with E-state index in [4.69, 9.17) is 4.98 Å². The van der Waals surface area contributed by atoms with Crippen molar-refractivity contribution in [3.8, 4) is 0 Å². The number of aromatic nitrogens is 1. The molecule has 0 spiro atoms. The Kier molecular flexibility index (Phi) is 7.18. The maximum Gasteiger partial charge on any atom is 0.252 e. The van der Waals surface area contributed by atoms with E-state index >= 15 is 0 Å². The van der Waals surface area contributed by atoms with Gasteiger partial charge in [-0.15, -0.1) is 0 Å². The van der Waals surface area contributed by atoms with Crippen molar-refractivity contribution < 1.29 is 4.79 Å². The van der Waals surface area contributed by atoms with Crippen molar-refractivity contribution in [2.45, 2.75) is 27.7 Å². The molecule has 0 fully saturated rings. The number of fused-ring (bicyclic) bond motifs is 1. The van der Waals surface area contributed by atoms with E-state index in [-0.39, 0.29) is 5.91 Å². The number of hydrogen-bond acceptors (Lipinski definition) is 4. The Morgan fingerprint density at radius 2 is 1.72 bits per heavy atom. The van der Waals surface area contributed by atoms with Crippen LogP contribution >= 0.6 is 11.3 Å². The summed E-state index contributed by atoms with van der Waals surface area (Å²) in [6.45, 7) is 11.9. The summed E-state index contributed by atoms with van der Waals surface area (Å²) in [7, 11) is 0. The van der Waals surface area contributed by atoms with E-state index < -0.39 is 0 Å². The SMILES string of the molecule is CCN(CC)CCN(C(=O)C=Cc1ccccc1)c1nc2cc(C)c(C)cc2s1. The first-order valence-electron chi connectivity index (χ1n) is 10.2. The van der Waals surface area contributed by atoms with Crippen molar-refractivity contribution >= 4 is 38.7 Å². The molecule has 0 saturated carbocycles. The minimum absolute atomic E-state index is 0.0338. The monoisotopic (exact) mass is 407 g/mol. The van der Waals surface area contributed by atoms with E-state index in [9.17, 15) is 4.79 Å². The zero-order valence-electron chi connectivity index (χ0n) is 17.7. The zero-order chi connectivity index (χ0) is 20.8. The van der Waals surface area contributed by atoms with E-state index in [0.29, 0.717) is 6.54 Å². The number of rotatable bonds is 8. The van der Waals surface area contributed by atoms with Crippen LogP contribution in [0.2, 0.25) is 0 Å². The van der Waals surface area contributed by atoms with Gasteiger partial charge >= 0.3 is 0 Å². The highest BCUT2D eigenvalue weighted by atomic mass is 32.1. The topological polar surface area (TPSA) is 36.4 Å². The maximum absolute atomic E-state index is 13.1. The molecular formula is C24H29N3OS. The molecule has 1 aromatic heterocycles. The van der Waals surface area contributed by atoms with Crippen LogP contribution in [0.4, 0.5) is 5.13 Å². The first kappa shape index (κ1) is 21.2. The fourth-order valence-electron chi connectivity index (χ4n) is 3.19. The van der Waals surface area contributed by atoms with Crippen molar-refractivity contribution in [1.82, 2.24) is 9.88 Å². The fraction of sp³-hybridized carbons (Fsp3) is 0.333. The second-order valence-corrected chi connectivity index (χ2v) is 8.17. The minimum atomic E-state index is -0.0338. The van der Waals surface area contributed by atoms with Gasteiger partial charge in [0.05, 0.1) is 10.2 Å². The second-order valence-electron chi connectivity index (χ2n) is 7.16. The highest BCUT2D eigenvalue weighted by Gasteiger charge is 2.19. The Bertz CT molecular complexity index is 951. The number of carbonyl (C=O) groups is 1. The number of hydrogen-bond donors (Lipinski definition) is 0. The molecule has 0 aliphatic carbocycles. The van der Waals surface area contributed by atoms with Gasteiger partial charge in [0.15, 0.2) is 5.13 Å². The molecule has 29 heavy (non-hydrogen) atoms.